The number of sulfonamides is 1. The van der Waals surface area contributed by atoms with Crippen molar-refractivity contribution in [3.8, 4) is 5.75 Å². The van der Waals surface area contributed by atoms with Crippen LogP contribution in [0.3, 0.4) is 0 Å². The zero-order valence-electron chi connectivity index (χ0n) is 15.8. The summed E-state index contributed by atoms with van der Waals surface area (Å²) in [6.07, 6.45) is 2.56. The maximum absolute atomic E-state index is 13.2. The van der Waals surface area contributed by atoms with Gasteiger partial charge in [-0.05, 0) is 55.2 Å². The highest BCUT2D eigenvalue weighted by molar-refractivity contribution is 7.93. The van der Waals surface area contributed by atoms with Crippen LogP contribution in [-0.2, 0) is 10.0 Å². The summed E-state index contributed by atoms with van der Waals surface area (Å²) in [6.45, 7) is 6.54. The molecule has 1 heterocycles. The molecule has 1 atom stereocenters. The van der Waals surface area contributed by atoms with Gasteiger partial charge in [-0.15, -0.1) is 0 Å². The largest absolute Gasteiger partial charge is 0.492 e. The van der Waals surface area contributed by atoms with Crippen LogP contribution in [0.2, 0.25) is 0 Å². The Balaban J connectivity index is 2.08. The molecule has 5 nitrogen and oxygen atoms in total. The Hall–Kier alpha value is -2.60. The zero-order valence-corrected chi connectivity index (χ0v) is 16.6. The molecule has 0 saturated carbocycles. The van der Waals surface area contributed by atoms with E-state index in [2.05, 4.69) is 23.6 Å². The molecule has 1 aromatic heterocycles. The molecule has 3 rings (SSSR count). The van der Waals surface area contributed by atoms with Gasteiger partial charge in [0.2, 0.25) is 0 Å². The number of hydrogen-bond acceptors (Lipinski definition) is 4. The fraction of sp³-hybridized carbons (Fsp3) is 0.286. The van der Waals surface area contributed by atoms with Gasteiger partial charge in [0, 0.05) is 11.6 Å². The van der Waals surface area contributed by atoms with Gasteiger partial charge in [-0.2, -0.15) is 0 Å². The molecule has 0 radical (unpaired) electrons. The lowest BCUT2D eigenvalue weighted by atomic mass is 9.97. The van der Waals surface area contributed by atoms with Crippen LogP contribution < -0.4 is 9.46 Å². The van der Waals surface area contributed by atoms with E-state index in [9.17, 15) is 8.42 Å². The van der Waals surface area contributed by atoms with Crippen LogP contribution in [0.1, 0.15) is 38.7 Å². The molecule has 0 bridgehead atoms. The average Bonchev–Trinajstić information content (AvgIpc) is 2.68. The first-order chi connectivity index (χ1) is 13.0. The summed E-state index contributed by atoms with van der Waals surface area (Å²) in [7, 11) is -3.78. The number of fused-ring (bicyclic) bond motifs is 1. The Kier molecular flexibility index (Phi) is 5.65. The van der Waals surface area contributed by atoms with Gasteiger partial charge in [-0.25, -0.2) is 8.42 Å². The van der Waals surface area contributed by atoms with Crippen LogP contribution in [0.5, 0.6) is 5.75 Å². The van der Waals surface area contributed by atoms with Gasteiger partial charge in [-0.1, -0.05) is 32.0 Å². The van der Waals surface area contributed by atoms with E-state index >= 15 is 0 Å². The topological polar surface area (TPSA) is 68.3 Å². The van der Waals surface area contributed by atoms with E-state index < -0.39 is 10.0 Å². The number of aromatic nitrogens is 1. The fourth-order valence-electron chi connectivity index (χ4n) is 3.07. The Morgan fingerprint density at radius 3 is 2.59 bits per heavy atom. The molecule has 0 spiro atoms. The molecule has 142 valence electrons. The highest BCUT2D eigenvalue weighted by Gasteiger charge is 2.21. The van der Waals surface area contributed by atoms with Crippen molar-refractivity contribution in [2.45, 2.75) is 38.0 Å². The summed E-state index contributed by atoms with van der Waals surface area (Å²) >= 11 is 0. The predicted octanol–water partition coefficient (Wildman–Crippen LogP) is 4.95. The van der Waals surface area contributed by atoms with Gasteiger partial charge in [0.25, 0.3) is 10.0 Å². The van der Waals surface area contributed by atoms with E-state index in [1.165, 1.54) is 0 Å². The third-order valence-corrected chi connectivity index (χ3v) is 6.05. The van der Waals surface area contributed by atoms with E-state index in [0.29, 0.717) is 28.9 Å². The minimum atomic E-state index is -3.78. The summed E-state index contributed by atoms with van der Waals surface area (Å²) in [5.41, 5.74) is 2.13. The minimum absolute atomic E-state index is 0.188. The molecule has 0 aliphatic carbocycles. The van der Waals surface area contributed by atoms with Gasteiger partial charge in [0.15, 0.2) is 0 Å². The predicted molar refractivity (Wildman–Crippen MR) is 109 cm³/mol. The highest BCUT2D eigenvalue weighted by atomic mass is 32.2. The molecular weight excluding hydrogens is 360 g/mol. The van der Waals surface area contributed by atoms with Crippen LogP contribution in [-0.4, -0.2) is 20.0 Å². The van der Waals surface area contributed by atoms with E-state index in [4.69, 9.17) is 4.74 Å². The normalized spacial score (nSPS) is 12.7. The third-order valence-electron chi connectivity index (χ3n) is 4.63. The smallest absolute Gasteiger partial charge is 0.262 e. The van der Waals surface area contributed by atoms with Crippen molar-refractivity contribution >= 4 is 26.6 Å². The van der Waals surface area contributed by atoms with E-state index in [1.807, 2.05) is 25.1 Å². The summed E-state index contributed by atoms with van der Waals surface area (Å²) in [5, 5.41) is 0.539. The summed E-state index contributed by atoms with van der Waals surface area (Å²) in [6, 6.07) is 14.2. The standard InChI is InChI=1S/C21H24N2O3S/c1-4-15(3)16-9-6-7-11-18(16)23-27(24,25)20-13-12-19(26-5-2)21-17(20)10-8-14-22-21/h6-15,23H,4-5H2,1-3H3. The lowest BCUT2D eigenvalue weighted by molar-refractivity contribution is 0.343. The van der Waals surface area contributed by atoms with E-state index in [-0.39, 0.29) is 10.8 Å². The van der Waals surface area contributed by atoms with E-state index in [0.717, 1.165) is 12.0 Å². The lowest BCUT2D eigenvalue weighted by Crippen LogP contribution is -2.15. The van der Waals surface area contributed by atoms with Crippen LogP contribution in [0.15, 0.2) is 59.6 Å². The number of benzene rings is 2. The van der Waals surface area contributed by atoms with Crippen LogP contribution in [0.4, 0.5) is 5.69 Å². The molecule has 3 aromatic rings. The molecule has 27 heavy (non-hydrogen) atoms. The molecule has 0 amide bonds. The first kappa shape index (κ1) is 19.2. The average molecular weight is 385 g/mol. The highest BCUT2D eigenvalue weighted by Crippen LogP contribution is 2.32. The van der Waals surface area contributed by atoms with Crippen molar-refractivity contribution < 1.29 is 13.2 Å². The molecule has 6 heteroatoms. The number of para-hydroxylation sites is 1. The SMILES string of the molecule is CCOc1ccc(S(=O)(=O)Nc2ccccc2C(C)CC)c2cccnc12. The monoisotopic (exact) mass is 384 g/mol. The third kappa shape index (κ3) is 3.90. The van der Waals surface area contributed by atoms with E-state index in [1.54, 1.807) is 36.5 Å². The molecule has 0 aliphatic rings. The zero-order chi connectivity index (χ0) is 19.4. The number of hydrogen-bond donors (Lipinski definition) is 1. The van der Waals surface area contributed by atoms with Gasteiger partial charge in [0.05, 0.1) is 17.2 Å². The van der Waals surface area contributed by atoms with Crippen molar-refractivity contribution in [2.24, 2.45) is 0 Å². The summed E-state index contributed by atoms with van der Waals surface area (Å²) in [5.74, 6) is 0.828. The van der Waals surface area contributed by atoms with Crippen LogP contribution in [0, 0.1) is 0 Å². The number of nitrogens with zero attached hydrogens (tertiary/aromatic N) is 1. The molecular formula is C21H24N2O3S. The van der Waals surface area contributed by atoms with Crippen LogP contribution >= 0.6 is 0 Å². The second-order valence-electron chi connectivity index (χ2n) is 6.40. The summed E-state index contributed by atoms with van der Waals surface area (Å²) in [4.78, 5) is 4.51. The molecule has 0 aliphatic heterocycles. The Labute approximate surface area is 160 Å². The molecule has 0 fully saturated rings. The van der Waals surface area contributed by atoms with Crippen LogP contribution in [0.25, 0.3) is 10.9 Å². The Morgan fingerprint density at radius 1 is 1.07 bits per heavy atom. The molecule has 1 unspecified atom stereocenters. The first-order valence-electron chi connectivity index (χ1n) is 9.10. The molecule has 0 saturated heterocycles. The van der Waals surface area contributed by atoms with Crippen molar-refractivity contribution in [1.82, 2.24) is 4.98 Å². The summed E-state index contributed by atoms with van der Waals surface area (Å²) < 4.78 is 34.7. The maximum atomic E-state index is 13.2. The van der Waals surface area contributed by atoms with Gasteiger partial charge >= 0.3 is 0 Å². The molecule has 1 N–H and O–H groups in total. The van der Waals surface area contributed by atoms with Gasteiger partial charge in [-0.3, -0.25) is 9.71 Å². The quantitative estimate of drug-likeness (QED) is 0.626. The number of pyridine rings is 1. The van der Waals surface area contributed by atoms with Crippen molar-refractivity contribution in [1.29, 1.82) is 0 Å². The van der Waals surface area contributed by atoms with Gasteiger partial charge in [0.1, 0.15) is 11.3 Å². The van der Waals surface area contributed by atoms with Gasteiger partial charge < -0.3 is 4.74 Å². The first-order valence-corrected chi connectivity index (χ1v) is 10.6. The number of ether oxygens (including phenoxy) is 1. The number of nitrogens with one attached hydrogen (secondary N) is 1. The minimum Gasteiger partial charge on any atom is -0.492 e. The van der Waals surface area contributed by atoms with Crippen molar-refractivity contribution in [2.75, 3.05) is 11.3 Å². The number of rotatable bonds is 7. The molecule has 2 aromatic carbocycles. The second kappa shape index (κ2) is 7.96. The lowest BCUT2D eigenvalue weighted by Gasteiger charge is -2.17. The van der Waals surface area contributed by atoms with Crippen molar-refractivity contribution in [3.63, 3.8) is 0 Å². The van der Waals surface area contributed by atoms with Crippen molar-refractivity contribution in [3.05, 3.63) is 60.3 Å². The second-order valence-corrected chi connectivity index (χ2v) is 8.05. The Morgan fingerprint density at radius 2 is 1.85 bits per heavy atom. The fourth-order valence-corrected chi connectivity index (χ4v) is 4.35. The maximum Gasteiger partial charge on any atom is 0.262 e. The number of anilines is 1. The Bertz CT molecular complexity index is 1050.